The summed E-state index contributed by atoms with van der Waals surface area (Å²) in [6, 6.07) is 21.1. The number of nitrogens with zero attached hydrogens (tertiary/aromatic N) is 4. The number of anilines is 1. The van der Waals surface area contributed by atoms with Gasteiger partial charge in [0, 0.05) is 63.8 Å². The van der Waals surface area contributed by atoms with Crippen molar-refractivity contribution >= 4 is 79.6 Å². The first-order chi connectivity index (χ1) is 33.1. The summed E-state index contributed by atoms with van der Waals surface area (Å²) in [5.41, 5.74) is 9.86. The lowest BCUT2D eigenvalue weighted by molar-refractivity contribution is -0.438. The van der Waals surface area contributed by atoms with Crippen LogP contribution in [0.4, 0.5) is 11.4 Å². The number of carbonyl (C=O) groups is 1. The van der Waals surface area contributed by atoms with Gasteiger partial charge in [0.15, 0.2) is 5.71 Å². The zero-order valence-corrected chi connectivity index (χ0v) is 44.2. The summed E-state index contributed by atoms with van der Waals surface area (Å²) in [5, 5.41) is 20.8. The first-order valence-electron chi connectivity index (χ1n) is 25.4. The molecule has 0 saturated heterocycles. The van der Waals surface area contributed by atoms with Gasteiger partial charge in [-0.2, -0.15) is 9.84 Å². The molecule has 5 heterocycles. The third-order valence-electron chi connectivity index (χ3n) is 14.8. The molecule has 5 aromatic rings. The zero-order valence-electron chi connectivity index (χ0n) is 41.7. The van der Waals surface area contributed by atoms with Crippen LogP contribution in [0, 0.1) is 11.3 Å². The molecule has 3 aliphatic rings. The van der Waals surface area contributed by atoms with Crippen LogP contribution < -0.4 is 4.90 Å². The van der Waals surface area contributed by atoms with E-state index in [-0.39, 0.29) is 17.0 Å². The Morgan fingerprint density at radius 2 is 1.42 bits per heavy atom. The van der Waals surface area contributed by atoms with Crippen molar-refractivity contribution in [3.8, 4) is 16.5 Å². The largest absolute Gasteiger partial charge is 0.506 e. The molecule has 0 atom stereocenters. The van der Waals surface area contributed by atoms with Crippen molar-refractivity contribution in [2.24, 2.45) is 0 Å². The van der Waals surface area contributed by atoms with Crippen molar-refractivity contribution in [1.29, 1.82) is 5.26 Å². The highest BCUT2D eigenvalue weighted by atomic mass is 32.1. The average Bonchev–Trinajstić information content (AvgIpc) is 4.09. The van der Waals surface area contributed by atoms with Crippen molar-refractivity contribution in [2.75, 3.05) is 18.0 Å². The maximum atomic E-state index is 14.3. The number of unbranched alkanes of at least 4 members (excludes halogenated alkanes) is 12. The molecule has 1 aliphatic carbocycles. The Kier molecular flexibility index (Phi) is 15.3. The smallest absolute Gasteiger partial charge is 0.366 e. The van der Waals surface area contributed by atoms with Crippen LogP contribution in [-0.4, -0.2) is 48.6 Å². The van der Waals surface area contributed by atoms with Gasteiger partial charge in [-0.3, -0.25) is 9.36 Å². The standard InChI is InChI=1S/C57H69N4O5PS2/c1-8-11-13-15-16-17-18-19-20-24-30-61-46-28-27-38(49-36-48-55(69-49)54-47(60(48)29-23-14-12-9-2)33-40(68-54)32-39(37-58)67(64,65)66)31-44(46)57(6,7)51(61)35-42-52(62)41(53(42)63)34-50-56(4,5)43-25-21-22-26-45(43)59(50)10-3/h21-22,25-28,31-36H,8-20,23-24,29-30H2,1-7H3,(H2-,62,63,64,65,66)/p+1/b39-32-. The van der Waals surface area contributed by atoms with E-state index < -0.39 is 18.3 Å². The van der Waals surface area contributed by atoms with E-state index in [4.69, 9.17) is 0 Å². The molecule has 364 valence electrons. The van der Waals surface area contributed by atoms with Gasteiger partial charge in [-0.15, -0.1) is 22.7 Å². The zero-order chi connectivity index (χ0) is 49.3. The minimum atomic E-state index is -4.71. The molecule has 12 heteroatoms. The third kappa shape index (κ3) is 9.82. The lowest BCUT2D eigenvalue weighted by Gasteiger charge is -2.28. The number of aryl methyl sites for hydroxylation is 1. The van der Waals surface area contributed by atoms with E-state index in [9.17, 15) is 29.5 Å². The van der Waals surface area contributed by atoms with Crippen molar-refractivity contribution in [3.63, 3.8) is 0 Å². The second kappa shape index (κ2) is 20.9. The lowest BCUT2D eigenvalue weighted by Crippen LogP contribution is -2.32. The summed E-state index contributed by atoms with van der Waals surface area (Å²) in [4.78, 5) is 37.9. The van der Waals surface area contributed by atoms with Crippen molar-refractivity contribution < 1.29 is 28.8 Å². The quantitative estimate of drug-likeness (QED) is 0.0207. The minimum absolute atomic E-state index is 0.0543. The van der Waals surface area contributed by atoms with Crippen molar-refractivity contribution in [1.82, 2.24) is 4.57 Å². The summed E-state index contributed by atoms with van der Waals surface area (Å²) in [6.45, 7) is 17.8. The Hall–Kier alpha value is -4.82. The predicted molar refractivity (Wildman–Crippen MR) is 288 cm³/mol. The van der Waals surface area contributed by atoms with E-state index in [0.29, 0.717) is 16.0 Å². The number of allylic oxidation sites excluding steroid dienone is 6. The highest BCUT2D eigenvalue weighted by molar-refractivity contribution is 7.57. The highest BCUT2D eigenvalue weighted by Gasteiger charge is 2.47. The molecule has 0 spiro atoms. The van der Waals surface area contributed by atoms with Gasteiger partial charge in [0.1, 0.15) is 23.7 Å². The van der Waals surface area contributed by atoms with Gasteiger partial charge in [-0.1, -0.05) is 117 Å². The molecule has 0 bridgehead atoms. The maximum Gasteiger partial charge on any atom is 0.366 e. The first-order valence-corrected chi connectivity index (χ1v) is 28.6. The molecule has 2 aromatic carbocycles. The number of hydrogen-bond donors (Lipinski definition) is 3. The van der Waals surface area contributed by atoms with E-state index in [0.717, 1.165) is 112 Å². The van der Waals surface area contributed by atoms with Crippen LogP contribution >= 0.6 is 30.3 Å². The molecule has 8 rings (SSSR count). The van der Waals surface area contributed by atoms with E-state index in [1.807, 2.05) is 18.2 Å². The van der Waals surface area contributed by atoms with Crippen LogP contribution in [0.5, 0.6) is 0 Å². The van der Waals surface area contributed by atoms with Gasteiger partial charge < -0.3 is 24.4 Å². The Morgan fingerprint density at radius 3 is 2.07 bits per heavy atom. The molecule has 3 aromatic heterocycles. The molecule has 2 aliphatic heterocycles. The van der Waals surface area contributed by atoms with Crippen LogP contribution in [0.15, 0.2) is 94.7 Å². The number of carbonyl (C=O) groups excluding carboxylic acids is 1. The normalized spacial score (nSPS) is 17.8. The van der Waals surface area contributed by atoms with Gasteiger partial charge in [0.25, 0.3) is 0 Å². The SMILES string of the molecule is CCCCCCCCCCCC[N+]1=C(/C=C2/C(=O)C(/C=C3\N(CC)c4ccccc4C3(C)C)=C2O)C(C)(C)c2cc(-c3cc4c(s3)c3sc(/C=C(/C#N)P(=O)(O)O)cc3n4CCCCCC)ccc21. The molecule has 0 radical (unpaired) electrons. The van der Waals surface area contributed by atoms with Crippen LogP contribution in [0.1, 0.15) is 154 Å². The summed E-state index contributed by atoms with van der Waals surface area (Å²) >= 11 is 3.19. The van der Waals surface area contributed by atoms with Crippen molar-refractivity contribution in [2.45, 2.75) is 156 Å². The second-order valence-electron chi connectivity index (χ2n) is 20.2. The van der Waals surface area contributed by atoms with Crippen LogP contribution in [-0.2, 0) is 26.7 Å². The number of aromatic nitrogens is 1. The number of thiophene rings is 2. The number of nitriles is 1. The van der Waals surface area contributed by atoms with E-state index in [2.05, 4.69) is 111 Å². The van der Waals surface area contributed by atoms with Gasteiger partial charge in [0.05, 0.1) is 37.0 Å². The predicted octanol–water partition coefficient (Wildman–Crippen LogP) is 15.5. The summed E-state index contributed by atoms with van der Waals surface area (Å²) in [5.74, 6) is -0.0789. The minimum Gasteiger partial charge on any atom is -0.506 e. The molecule has 69 heavy (non-hydrogen) atoms. The molecule has 0 amide bonds. The topological polar surface area (TPSA) is 130 Å². The number of benzene rings is 2. The second-order valence-corrected chi connectivity index (χ2v) is 23.9. The summed E-state index contributed by atoms with van der Waals surface area (Å²) < 4.78 is 19.0. The third-order valence-corrected chi connectivity index (χ3v) is 18.0. The number of para-hydroxylation sites is 1. The number of ketones is 1. The monoisotopic (exact) mass is 985 g/mol. The van der Waals surface area contributed by atoms with Crippen LogP contribution in [0.25, 0.3) is 36.9 Å². The van der Waals surface area contributed by atoms with Gasteiger partial charge >= 0.3 is 7.60 Å². The molecular weight excluding hydrogens is 916 g/mol. The fraction of sp³-hybridized carbons (Fsp3) is 0.456. The molecule has 9 nitrogen and oxygen atoms in total. The molecular formula is C57H70N4O5PS2+. The van der Waals surface area contributed by atoms with E-state index in [1.54, 1.807) is 17.4 Å². The Balaban J connectivity index is 1.14. The Bertz CT molecular complexity index is 3030. The fourth-order valence-corrected chi connectivity index (χ4v) is 13.8. The van der Waals surface area contributed by atoms with Gasteiger partial charge in [-0.05, 0) is 87.2 Å². The Morgan fingerprint density at radius 1 is 0.783 bits per heavy atom. The fourth-order valence-electron chi connectivity index (χ4n) is 10.8. The first kappa shape index (κ1) is 50.6. The molecule has 0 fully saturated rings. The van der Waals surface area contributed by atoms with Gasteiger partial charge in [-0.25, -0.2) is 0 Å². The molecule has 0 saturated carbocycles. The van der Waals surface area contributed by atoms with Crippen LogP contribution in [0.2, 0.25) is 0 Å². The number of hydrogen-bond acceptors (Lipinski definition) is 7. The summed E-state index contributed by atoms with van der Waals surface area (Å²) in [7, 11) is -4.71. The lowest BCUT2D eigenvalue weighted by atomic mass is 9.77. The number of rotatable bonds is 22. The van der Waals surface area contributed by atoms with Crippen LogP contribution in [0.3, 0.4) is 0 Å². The summed E-state index contributed by atoms with van der Waals surface area (Å²) in [6.07, 6.45) is 22.1. The number of aliphatic hydroxyl groups is 1. The van der Waals surface area contributed by atoms with E-state index in [1.165, 1.54) is 79.9 Å². The number of fused-ring (bicyclic) bond motifs is 5. The molecule has 3 N–H and O–H groups in total. The molecule has 0 unspecified atom stereocenters. The maximum absolute atomic E-state index is 14.3. The van der Waals surface area contributed by atoms with E-state index >= 15 is 0 Å². The average molecular weight is 986 g/mol. The number of aliphatic hydroxyl groups excluding tert-OH is 1. The number of Topliss-reactive ketones (excluding diaryl/α,β-unsaturated/α-hetero) is 1. The number of likely N-dealkylation sites (N-methyl/N-ethyl adjacent to an activating group) is 1. The van der Waals surface area contributed by atoms with Gasteiger partial charge in [0.2, 0.25) is 11.5 Å². The Labute approximate surface area is 417 Å². The van der Waals surface area contributed by atoms with Crippen molar-refractivity contribution in [3.05, 3.63) is 111 Å². The highest BCUT2D eigenvalue weighted by Crippen LogP contribution is 2.51.